The molecule has 13 heteroatoms. The molecule has 0 spiro atoms. The zero-order chi connectivity index (χ0) is 34.4. The van der Waals surface area contributed by atoms with E-state index in [0.717, 1.165) is 5.56 Å². The van der Waals surface area contributed by atoms with Crippen LogP contribution in [0.4, 0.5) is 0 Å². The van der Waals surface area contributed by atoms with E-state index in [-0.39, 0.29) is 25.6 Å². The lowest BCUT2D eigenvalue weighted by Gasteiger charge is -2.32. The van der Waals surface area contributed by atoms with Crippen molar-refractivity contribution in [3.63, 3.8) is 0 Å². The number of nitrogens with one attached hydrogen (secondary N) is 4. The third-order valence-electron chi connectivity index (χ3n) is 8.80. The number of carbonyl (C=O) groups excluding carboxylic acids is 4. The normalized spacial score (nSPS) is 31.5. The summed E-state index contributed by atoms with van der Waals surface area (Å²) in [7, 11) is 0. The minimum absolute atomic E-state index is 0.211. The molecule has 5 rings (SSSR count). The highest BCUT2D eigenvalue weighted by atomic mass is 16.8. The van der Waals surface area contributed by atoms with E-state index in [2.05, 4.69) is 21.3 Å². The highest BCUT2D eigenvalue weighted by Crippen LogP contribution is 2.40. The van der Waals surface area contributed by atoms with Crippen molar-refractivity contribution in [2.75, 3.05) is 6.61 Å². The van der Waals surface area contributed by atoms with E-state index < -0.39 is 78.2 Å². The summed E-state index contributed by atoms with van der Waals surface area (Å²) in [6.45, 7) is 8.79. The van der Waals surface area contributed by atoms with Gasteiger partial charge in [0, 0.05) is 6.42 Å². The molecule has 0 saturated carbocycles. The molecule has 4 N–H and O–H groups in total. The molecule has 0 aromatic heterocycles. The summed E-state index contributed by atoms with van der Waals surface area (Å²) >= 11 is 0. The van der Waals surface area contributed by atoms with Crippen molar-refractivity contribution in [2.24, 2.45) is 5.92 Å². The van der Waals surface area contributed by atoms with E-state index >= 15 is 0 Å². The van der Waals surface area contributed by atoms with Gasteiger partial charge in [0.1, 0.15) is 48.8 Å². The van der Waals surface area contributed by atoms with Crippen LogP contribution in [0.2, 0.25) is 0 Å². The first-order chi connectivity index (χ1) is 22.9. The zero-order valence-corrected chi connectivity index (χ0v) is 28.0. The lowest BCUT2D eigenvalue weighted by atomic mass is 9.97. The Balaban J connectivity index is 1.45. The number of hydrogen-bond donors (Lipinski definition) is 4. The molecule has 0 radical (unpaired) electrons. The number of amides is 4. The number of fused-ring (bicyclic) bond motifs is 1. The second-order valence-corrected chi connectivity index (χ2v) is 13.0. The number of carbonyl (C=O) groups is 4. The molecule has 260 valence electrons. The van der Waals surface area contributed by atoms with Crippen LogP contribution >= 0.6 is 0 Å². The molecule has 2 unspecified atom stereocenters. The van der Waals surface area contributed by atoms with E-state index in [1.165, 1.54) is 6.92 Å². The summed E-state index contributed by atoms with van der Waals surface area (Å²) in [5, 5.41) is 11.2. The Kier molecular flexibility index (Phi) is 11.4. The molecule has 3 fully saturated rings. The second-order valence-electron chi connectivity index (χ2n) is 13.0. The van der Waals surface area contributed by atoms with Crippen molar-refractivity contribution >= 4 is 23.6 Å². The Morgan fingerprint density at radius 1 is 0.854 bits per heavy atom. The van der Waals surface area contributed by atoms with Crippen LogP contribution in [0.3, 0.4) is 0 Å². The highest BCUT2D eigenvalue weighted by molar-refractivity contribution is 5.95. The van der Waals surface area contributed by atoms with Gasteiger partial charge in [0.05, 0.1) is 12.6 Å². The maximum absolute atomic E-state index is 14.1. The maximum atomic E-state index is 14.1. The lowest BCUT2D eigenvalue weighted by Crippen LogP contribution is -2.60. The van der Waals surface area contributed by atoms with Crippen molar-refractivity contribution in [1.29, 1.82) is 0 Å². The van der Waals surface area contributed by atoms with E-state index in [9.17, 15) is 19.2 Å². The zero-order valence-electron chi connectivity index (χ0n) is 28.0. The van der Waals surface area contributed by atoms with Gasteiger partial charge in [-0.3, -0.25) is 19.2 Å². The molecule has 0 aliphatic carbocycles. The number of rotatable bonds is 9. The maximum Gasteiger partial charge on any atom is 0.246 e. The topological polar surface area (TPSA) is 163 Å². The molecule has 9 atom stereocenters. The van der Waals surface area contributed by atoms with Crippen molar-refractivity contribution in [3.05, 3.63) is 66.2 Å². The van der Waals surface area contributed by atoms with Gasteiger partial charge in [-0.25, -0.2) is 0 Å². The summed E-state index contributed by atoms with van der Waals surface area (Å²) < 4.78 is 30.8. The first-order valence-corrected chi connectivity index (χ1v) is 16.5. The van der Waals surface area contributed by atoms with Crippen LogP contribution in [0, 0.1) is 5.92 Å². The molecular weight excluding hydrogens is 620 g/mol. The summed E-state index contributed by atoms with van der Waals surface area (Å²) in [6, 6.07) is 14.3. The summed E-state index contributed by atoms with van der Waals surface area (Å²) in [4.78, 5) is 54.4. The van der Waals surface area contributed by atoms with E-state index in [4.69, 9.17) is 23.7 Å². The lowest BCUT2D eigenvalue weighted by molar-refractivity contribution is -0.222. The number of benzene rings is 2. The molecular formula is C35H46N4O9. The predicted octanol–water partition coefficient (Wildman–Crippen LogP) is 1.94. The molecule has 48 heavy (non-hydrogen) atoms. The summed E-state index contributed by atoms with van der Waals surface area (Å²) in [5.41, 5.74) is 0.908. The van der Waals surface area contributed by atoms with Gasteiger partial charge in [0.25, 0.3) is 0 Å². The van der Waals surface area contributed by atoms with Crippen LogP contribution in [0.25, 0.3) is 0 Å². The first kappa shape index (κ1) is 35.3. The van der Waals surface area contributed by atoms with Crippen molar-refractivity contribution < 1.29 is 42.9 Å². The average molecular weight is 667 g/mol. The Bertz CT molecular complexity index is 1430. The number of para-hydroxylation sites is 1. The van der Waals surface area contributed by atoms with E-state index in [1.54, 1.807) is 38.1 Å². The van der Waals surface area contributed by atoms with Crippen molar-refractivity contribution in [2.45, 2.75) is 109 Å². The van der Waals surface area contributed by atoms with Gasteiger partial charge in [-0.1, -0.05) is 68.8 Å². The van der Waals surface area contributed by atoms with Crippen molar-refractivity contribution in [3.8, 4) is 5.75 Å². The smallest absolute Gasteiger partial charge is 0.246 e. The van der Waals surface area contributed by atoms with Gasteiger partial charge in [0.2, 0.25) is 23.6 Å². The standard InChI is InChI=1S/C35H46N4O9/c1-6-20(2)27-33(43)38-25(19-44-23-15-11-8-12-16-23)32(42)37-24(17-26(40)36-21(3)31(41)39-27)28-29(45-18-22-13-9-7-10-14-22)30-34(46-28)48-35(4,5)47-30/h7-16,20-21,24-25,27-30,34H,6,17-19H2,1-5H3,(H,36,40)(H,37,42)(H,38,43)(H,39,41)/t20?,21-,24-,25-,27-,28?,29-,30+,34+/m0/s1. The van der Waals surface area contributed by atoms with Crippen LogP contribution in [-0.2, 0) is 44.7 Å². The fourth-order valence-electron chi connectivity index (χ4n) is 6.00. The Morgan fingerprint density at radius 2 is 1.54 bits per heavy atom. The van der Waals surface area contributed by atoms with Gasteiger partial charge in [-0.05, 0) is 44.4 Å². The molecule has 3 heterocycles. The molecule has 4 amide bonds. The van der Waals surface area contributed by atoms with Crippen LogP contribution in [0.5, 0.6) is 5.75 Å². The predicted molar refractivity (Wildman–Crippen MR) is 173 cm³/mol. The Morgan fingerprint density at radius 3 is 2.23 bits per heavy atom. The van der Waals surface area contributed by atoms with Gasteiger partial charge < -0.3 is 45.0 Å². The fourth-order valence-corrected chi connectivity index (χ4v) is 6.00. The third-order valence-corrected chi connectivity index (χ3v) is 8.80. The van der Waals surface area contributed by atoms with Gasteiger partial charge >= 0.3 is 0 Å². The van der Waals surface area contributed by atoms with Gasteiger partial charge in [0.15, 0.2) is 12.1 Å². The average Bonchev–Trinajstić information content (AvgIpc) is 3.55. The van der Waals surface area contributed by atoms with Gasteiger partial charge in [-0.15, -0.1) is 0 Å². The van der Waals surface area contributed by atoms with Crippen LogP contribution < -0.4 is 26.0 Å². The van der Waals surface area contributed by atoms with Crippen LogP contribution in [0.1, 0.15) is 53.0 Å². The van der Waals surface area contributed by atoms with Crippen LogP contribution in [-0.4, -0.2) is 84.8 Å². The highest BCUT2D eigenvalue weighted by Gasteiger charge is 2.57. The summed E-state index contributed by atoms with van der Waals surface area (Å²) in [6.07, 6.45) is -2.83. The fraction of sp³-hybridized carbons (Fsp3) is 0.543. The number of ether oxygens (including phenoxy) is 5. The largest absolute Gasteiger partial charge is 0.491 e. The van der Waals surface area contributed by atoms with Crippen LogP contribution in [0.15, 0.2) is 60.7 Å². The first-order valence-electron chi connectivity index (χ1n) is 16.5. The van der Waals surface area contributed by atoms with Gasteiger partial charge in [-0.2, -0.15) is 0 Å². The minimum atomic E-state index is -1.19. The second kappa shape index (κ2) is 15.5. The summed E-state index contributed by atoms with van der Waals surface area (Å²) in [5.74, 6) is -2.92. The minimum Gasteiger partial charge on any atom is -0.491 e. The molecule has 0 bridgehead atoms. The molecule has 13 nitrogen and oxygen atoms in total. The number of hydrogen-bond acceptors (Lipinski definition) is 9. The Hall–Kier alpha value is -4.04. The molecule has 3 saturated heterocycles. The van der Waals surface area contributed by atoms with Crippen molar-refractivity contribution in [1.82, 2.24) is 21.3 Å². The third kappa shape index (κ3) is 8.70. The van der Waals surface area contributed by atoms with E-state index in [0.29, 0.717) is 12.2 Å². The molecule has 2 aromatic rings. The Labute approximate surface area is 280 Å². The monoisotopic (exact) mass is 666 g/mol. The molecule has 2 aromatic carbocycles. The van der Waals surface area contributed by atoms with E-state index in [1.807, 2.05) is 50.2 Å². The SMILES string of the molecule is CCC(C)[C@@H]1NC(=O)[C@H](C)NC(=O)C[C@@H](C2O[C@@H]3OC(C)(C)O[C@@H]3[C@H]2OCc2ccccc2)NC(=O)[C@H](COc2ccccc2)NC1=O. The molecule has 3 aliphatic heterocycles. The quantitative estimate of drug-likeness (QED) is 0.313. The molecule has 3 aliphatic rings.